The van der Waals surface area contributed by atoms with Crippen LogP contribution in [-0.2, 0) is 6.54 Å². The van der Waals surface area contributed by atoms with Gasteiger partial charge in [0.2, 0.25) is 5.95 Å². The summed E-state index contributed by atoms with van der Waals surface area (Å²) in [4.78, 5) is 23.5. The van der Waals surface area contributed by atoms with Crippen molar-refractivity contribution in [2.75, 3.05) is 18.0 Å². The van der Waals surface area contributed by atoms with Crippen LogP contribution >= 0.6 is 34.5 Å². The summed E-state index contributed by atoms with van der Waals surface area (Å²) in [5, 5.41) is 2.84. The van der Waals surface area contributed by atoms with Crippen molar-refractivity contribution in [3.8, 4) is 0 Å². The molecule has 0 saturated carbocycles. The maximum atomic E-state index is 12.2. The van der Waals surface area contributed by atoms with Gasteiger partial charge in [-0.15, -0.1) is 11.3 Å². The average Bonchev–Trinajstić information content (AvgIpc) is 2.91. The Hall–Kier alpha value is -1.37. The molecular formula is C16H18Cl2N4OS. The molecule has 8 heteroatoms. The predicted molar refractivity (Wildman–Crippen MR) is 98.3 cm³/mol. The molecule has 1 aliphatic heterocycles. The molecule has 24 heavy (non-hydrogen) atoms. The number of rotatable bonds is 4. The minimum atomic E-state index is -0.251. The lowest BCUT2D eigenvalue weighted by Crippen LogP contribution is -2.31. The second kappa shape index (κ2) is 7.68. The van der Waals surface area contributed by atoms with Crippen molar-refractivity contribution < 1.29 is 4.79 Å². The van der Waals surface area contributed by atoms with Crippen molar-refractivity contribution >= 4 is 46.4 Å². The van der Waals surface area contributed by atoms with Crippen LogP contribution in [0.15, 0.2) is 12.1 Å². The van der Waals surface area contributed by atoms with E-state index in [0.29, 0.717) is 20.8 Å². The van der Waals surface area contributed by atoms with Gasteiger partial charge >= 0.3 is 0 Å². The quantitative estimate of drug-likeness (QED) is 0.862. The number of halogens is 2. The van der Waals surface area contributed by atoms with E-state index in [0.717, 1.165) is 30.4 Å². The van der Waals surface area contributed by atoms with Gasteiger partial charge in [0.05, 0.1) is 22.1 Å². The van der Waals surface area contributed by atoms with Gasteiger partial charge in [-0.25, -0.2) is 9.97 Å². The van der Waals surface area contributed by atoms with Gasteiger partial charge in [-0.05, 0) is 38.3 Å². The third-order valence-corrected chi connectivity index (χ3v) is 5.35. The number of carbonyl (C=O) groups excluding carboxylic acids is 1. The number of amides is 1. The van der Waals surface area contributed by atoms with Crippen LogP contribution in [0.3, 0.4) is 0 Å². The van der Waals surface area contributed by atoms with Crippen LogP contribution in [0.2, 0.25) is 8.67 Å². The zero-order valence-electron chi connectivity index (χ0n) is 13.3. The van der Waals surface area contributed by atoms with Gasteiger partial charge in [0.15, 0.2) is 0 Å². The minimum Gasteiger partial charge on any atom is -0.346 e. The number of piperidine rings is 1. The molecule has 128 valence electrons. The van der Waals surface area contributed by atoms with Crippen molar-refractivity contribution in [2.24, 2.45) is 0 Å². The zero-order chi connectivity index (χ0) is 17.1. The SMILES string of the molecule is Cc1cc(CNC(=O)c2cc(Cl)sc2Cl)nc(N2CCCCC2)n1. The normalized spacial score (nSPS) is 14.7. The van der Waals surface area contributed by atoms with E-state index in [-0.39, 0.29) is 5.91 Å². The lowest BCUT2D eigenvalue weighted by atomic mass is 10.1. The van der Waals surface area contributed by atoms with Gasteiger partial charge in [-0.3, -0.25) is 4.79 Å². The molecule has 3 heterocycles. The maximum absolute atomic E-state index is 12.2. The van der Waals surface area contributed by atoms with E-state index in [4.69, 9.17) is 23.2 Å². The van der Waals surface area contributed by atoms with Crippen LogP contribution in [0.4, 0.5) is 5.95 Å². The fourth-order valence-electron chi connectivity index (χ4n) is 2.70. The van der Waals surface area contributed by atoms with Crippen LogP contribution in [0.5, 0.6) is 0 Å². The number of aryl methyl sites for hydroxylation is 1. The maximum Gasteiger partial charge on any atom is 0.254 e. The van der Waals surface area contributed by atoms with Crippen molar-refractivity contribution in [1.29, 1.82) is 0 Å². The Balaban J connectivity index is 1.69. The Kier molecular flexibility index (Phi) is 5.58. The van der Waals surface area contributed by atoms with E-state index in [1.54, 1.807) is 6.07 Å². The number of nitrogens with one attached hydrogen (secondary N) is 1. The second-order valence-electron chi connectivity index (χ2n) is 5.77. The molecule has 0 spiro atoms. The van der Waals surface area contributed by atoms with E-state index < -0.39 is 0 Å². The molecule has 0 bridgehead atoms. The summed E-state index contributed by atoms with van der Waals surface area (Å²) in [6.45, 7) is 4.24. The first-order chi connectivity index (χ1) is 11.5. The molecule has 0 atom stereocenters. The molecule has 2 aromatic rings. The van der Waals surface area contributed by atoms with Crippen LogP contribution < -0.4 is 10.2 Å². The predicted octanol–water partition coefficient (Wildman–Crippen LogP) is 4.07. The summed E-state index contributed by atoms with van der Waals surface area (Å²) in [7, 11) is 0. The molecule has 5 nitrogen and oxygen atoms in total. The topological polar surface area (TPSA) is 58.1 Å². The van der Waals surface area contributed by atoms with Crippen molar-refractivity contribution in [3.63, 3.8) is 0 Å². The largest absolute Gasteiger partial charge is 0.346 e. The van der Waals surface area contributed by atoms with Gasteiger partial charge in [0, 0.05) is 18.8 Å². The van der Waals surface area contributed by atoms with Crippen LogP contribution in [-0.4, -0.2) is 29.0 Å². The summed E-state index contributed by atoms with van der Waals surface area (Å²) in [5.41, 5.74) is 2.08. The minimum absolute atomic E-state index is 0.251. The Morgan fingerprint density at radius 3 is 2.67 bits per heavy atom. The molecule has 1 amide bonds. The standard InChI is InChI=1S/C16H18Cl2N4OS/c1-10-7-11(21-16(20-10)22-5-3-2-4-6-22)9-19-15(23)12-8-13(17)24-14(12)18/h7-8H,2-6,9H2,1H3,(H,19,23). The van der Waals surface area contributed by atoms with Crippen LogP contribution in [0, 0.1) is 6.92 Å². The lowest BCUT2D eigenvalue weighted by molar-refractivity contribution is 0.0951. The Morgan fingerprint density at radius 2 is 2.00 bits per heavy atom. The second-order valence-corrected chi connectivity index (χ2v) is 8.05. The highest BCUT2D eigenvalue weighted by Crippen LogP contribution is 2.31. The summed E-state index contributed by atoms with van der Waals surface area (Å²) < 4.78 is 0.890. The monoisotopic (exact) mass is 384 g/mol. The van der Waals surface area contributed by atoms with Crippen molar-refractivity contribution in [1.82, 2.24) is 15.3 Å². The number of hydrogen-bond donors (Lipinski definition) is 1. The third-order valence-electron chi connectivity index (χ3n) is 3.87. The summed E-state index contributed by atoms with van der Waals surface area (Å²) in [6, 6.07) is 3.46. The molecule has 0 aromatic carbocycles. The molecular weight excluding hydrogens is 367 g/mol. The Morgan fingerprint density at radius 1 is 1.25 bits per heavy atom. The first-order valence-electron chi connectivity index (χ1n) is 7.85. The van der Waals surface area contributed by atoms with E-state index in [2.05, 4.69) is 20.2 Å². The van der Waals surface area contributed by atoms with Crippen LogP contribution in [0.1, 0.15) is 41.0 Å². The highest BCUT2D eigenvalue weighted by Gasteiger charge is 2.16. The van der Waals surface area contributed by atoms with Gasteiger partial charge in [0.1, 0.15) is 4.34 Å². The van der Waals surface area contributed by atoms with Gasteiger partial charge in [-0.1, -0.05) is 23.2 Å². The molecule has 1 N–H and O–H groups in total. The van der Waals surface area contributed by atoms with Crippen molar-refractivity contribution in [3.05, 3.63) is 37.8 Å². The summed E-state index contributed by atoms with van der Waals surface area (Å²) >= 11 is 13.1. The van der Waals surface area contributed by atoms with Crippen molar-refractivity contribution in [2.45, 2.75) is 32.7 Å². The van der Waals surface area contributed by atoms with E-state index in [1.165, 1.54) is 30.6 Å². The Labute approximate surface area is 155 Å². The molecule has 2 aromatic heterocycles. The van der Waals surface area contributed by atoms with E-state index in [9.17, 15) is 4.79 Å². The number of anilines is 1. The van der Waals surface area contributed by atoms with Gasteiger partial charge in [-0.2, -0.15) is 0 Å². The molecule has 1 saturated heterocycles. The Bertz CT molecular complexity index is 744. The fraction of sp³-hybridized carbons (Fsp3) is 0.438. The summed E-state index contributed by atoms with van der Waals surface area (Å²) in [6.07, 6.45) is 3.59. The summed E-state index contributed by atoms with van der Waals surface area (Å²) in [5.74, 6) is 0.495. The zero-order valence-corrected chi connectivity index (χ0v) is 15.6. The number of thiophene rings is 1. The average molecular weight is 385 g/mol. The molecule has 1 aliphatic rings. The molecule has 0 aliphatic carbocycles. The van der Waals surface area contributed by atoms with Crippen LogP contribution in [0.25, 0.3) is 0 Å². The van der Waals surface area contributed by atoms with E-state index in [1.807, 2.05) is 13.0 Å². The van der Waals surface area contributed by atoms with Gasteiger partial charge < -0.3 is 10.2 Å². The number of hydrogen-bond acceptors (Lipinski definition) is 5. The first kappa shape index (κ1) is 17.5. The number of carbonyl (C=O) groups is 1. The highest BCUT2D eigenvalue weighted by atomic mass is 35.5. The molecule has 0 radical (unpaired) electrons. The van der Waals surface area contributed by atoms with E-state index >= 15 is 0 Å². The molecule has 1 fully saturated rings. The van der Waals surface area contributed by atoms with Gasteiger partial charge in [0.25, 0.3) is 5.91 Å². The molecule has 3 rings (SSSR count). The highest BCUT2D eigenvalue weighted by molar-refractivity contribution is 7.20. The lowest BCUT2D eigenvalue weighted by Gasteiger charge is -2.27. The molecule has 0 unspecified atom stereocenters. The number of nitrogens with zero attached hydrogens (tertiary/aromatic N) is 3. The first-order valence-corrected chi connectivity index (χ1v) is 9.43. The number of aromatic nitrogens is 2. The third kappa shape index (κ3) is 4.18. The smallest absolute Gasteiger partial charge is 0.254 e. The fourth-order valence-corrected chi connectivity index (χ4v) is 4.16.